The molecule has 1 heterocycles. The molecule has 0 bridgehead atoms. The quantitative estimate of drug-likeness (QED) is 0.867. The van der Waals surface area contributed by atoms with Crippen molar-refractivity contribution in [2.24, 2.45) is 0 Å². The molecule has 0 unspecified atom stereocenters. The number of carboxylic acids is 1. The molecule has 0 saturated carbocycles. The zero-order chi connectivity index (χ0) is 14.4. The number of hydrogen-bond donors (Lipinski definition) is 1. The number of nitrogens with zero attached hydrogens (tertiary/aromatic N) is 3. The van der Waals surface area contributed by atoms with Gasteiger partial charge in [-0.3, -0.25) is 4.79 Å². The van der Waals surface area contributed by atoms with Crippen molar-refractivity contribution in [1.82, 2.24) is 9.88 Å². The van der Waals surface area contributed by atoms with Crippen molar-refractivity contribution in [2.45, 2.75) is 26.3 Å². The normalized spacial score (nSPS) is 10.0. The largest absolute Gasteiger partial charge is 0.477 e. The summed E-state index contributed by atoms with van der Waals surface area (Å²) in [5.74, 6) is -1.47. The Morgan fingerprint density at radius 1 is 1.53 bits per heavy atom. The number of aromatic nitrogens is 1. The first-order valence-electron chi connectivity index (χ1n) is 5.84. The Morgan fingerprint density at radius 2 is 2.21 bits per heavy atom. The van der Waals surface area contributed by atoms with E-state index < -0.39 is 5.97 Å². The molecule has 1 aromatic heterocycles. The zero-order valence-corrected chi connectivity index (χ0v) is 10.8. The Morgan fingerprint density at radius 3 is 2.74 bits per heavy atom. The topological polar surface area (TPSA) is 94.3 Å². The lowest BCUT2D eigenvalue weighted by atomic mass is 10.1. The summed E-state index contributed by atoms with van der Waals surface area (Å²) >= 11 is 0. The molecule has 0 aliphatic carbocycles. The maximum Gasteiger partial charge on any atom is 0.354 e. The van der Waals surface area contributed by atoms with Gasteiger partial charge in [-0.1, -0.05) is 0 Å². The Kier molecular flexibility index (Phi) is 5.01. The van der Waals surface area contributed by atoms with E-state index in [-0.39, 0.29) is 29.6 Å². The third-order valence-corrected chi connectivity index (χ3v) is 2.57. The molecule has 0 radical (unpaired) electrons. The number of carbonyl (C=O) groups excluding carboxylic acids is 1. The van der Waals surface area contributed by atoms with Gasteiger partial charge in [0.2, 0.25) is 0 Å². The van der Waals surface area contributed by atoms with Crippen LogP contribution in [0.4, 0.5) is 0 Å². The average Bonchev–Trinajstić information content (AvgIpc) is 2.38. The van der Waals surface area contributed by atoms with E-state index in [1.165, 1.54) is 23.2 Å². The van der Waals surface area contributed by atoms with Gasteiger partial charge in [0.1, 0.15) is 5.69 Å². The second-order valence-electron chi connectivity index (χ2n) is 4.24. The van der Waals surface area contributed by atoms with Crippen LogP contribution >= 0.6 is 0 Å². The van der Waals surface area contributed by atoms with Gasteiger partial charge in [0.25, 0.3) is 5.91 Å². The lowest BCUT2D eigenvalue weighted by molar-refractivity contribution is 0.0690. The van der Waals surface area contributed by atoms with Gasteiger partial charge >= 0.3 is 5.97 Å². The van der Waals surface area contributed by atoms with E-state index in [2.05, 4.69) is 4.98 Å². The minimum Gasteiger partial charge on any atom is -0.477 e. The fourth-order valence-corrected chi connectivity index (χ4v) is 1.61. The molecule has 0 atom stereocenters. The molecule has 0 aliphatic heterocycles. The smallest absolute Gasteiger partial charge is 0.354 e. The van der Waals surface area contributed by atoms with Gasteiger partial charge in [0, 0.05) is 24.3 Å². The number of aromatic carboxylic acids is 1. The van der Waals surface area contributed by atoms with E-state index >= 15 is 0 Å². The van der Waals surface area contributed by atoms with Gasteiger partial charge in [-0.25, -0.2) is 9.78 Å². The van der Waals surface area contributed by atoms with Crippen molar-refractivity contribution in [2.75, 3.05) is 6.54 Å². The molecule has 19 heavy (non-hydrogen) atoms. The summed E-state index contributed by atoms with van der Waals surface area (Å²) in [5, 5.41) is 17.4. The maximum absolute atomic E-state index is 12.3. The number of amides is 1. The molecule has 0 saturated heterocycles. The van der Waals surface area contributed by atoms with Crippen LogP contribution in [-0.2, 0) is 0 Å². The Balaban J connectivity index is 2.99. The fraction of sp³-hybridized carbons (Fsp3) is 0.385. The van der Waals surface area contributed by atoms with E-state index in [0.717, 1.165) is 0 Å². The van der Waals surface area contributed by atoms with Crippen LogP contribution in [-0.4, -0.2) is 39.5 Å². The second-order valence-corrected chi connectivity index (χ2v) is 4.24. The van der Waals surface area contributed by atoms with E-state index in [4.69, 9.17) is 10.4 Å². The van der Waals surface area contributed by atoms with Crippen molar-refractivity contribution in [1.29, 1.82) is 5.26 Å². The number of pyridine rings is 1. The third-order valence-electron chi connectivity index (χ3n) is 2.57. The molecule has 0 spiro atoms. The fourth-order valence-electron chi connectivity index (χ4n) is 1.61. The van der Waals surface area contributed by atoms with Gasteiger partial charge in [0.15, 0.2) is 0 Å². The summed E-state index contributed by atoms with van der Waals surface area (Å²) in [6.45, 7) is 4.00. The molecule has 6 nitrogen and oxygen atoms in total. The first-order chi connectivity index (χ1) is 8.97. The van der Waals surface area contributed by atoms with Crippen LogP contribution in [0.5, 0.6) is 0 Å². The summed E-state index contributed by atoms with van der Waals surface area (Å²) in [7, 11) is 0. The molecule has 1 rings (SSSR count). The molecule has 1 aromatic rings. The van der Waals surface area contributed by atoms with Crippen molar-refractivity contribution < 1.29 is 14.7 Å². The van der Waals surface area contributed by atoms with Crippen LogP contribution in [0.2, 0.25) is 0 Å². The van der Waals surface area contributed by atoms with Gasteiger partial charge in [-0.2, -0.15) is 5.26 Å². The summed E-state index contributed by atoms with van der Waals surface area (Å²) in [6, 6.07) is 4.63. The monoisotopic (exact) mass is 261 g/mol. The number of carboxylic acid groups (broad SMARTS) is 1. The maximum atomic E-state index is 12.3. The summed E-state index contributed by atoms with van der Waals surface area (Å²) in [4.78, 5) is 28.3. The standard InChI is InChI=1S/C13H15N3O3/c1-9(2)16(7-3-5-14)12(17)10-4-6-15-11(8-10)13(18)19/h4,6,8-9H,3,7H2,1-2H3,(H,18,19). The molecular formula is C13H15N3O3. The number of rotatable bonds is 5. The van der Waals surface area contributed by atoms with Gasteiger partial charge in [-0.05, 0) is 26.0 Å². The van der Waals surface area contributed by atoms with Gasteiger partial charge in [-0.15, -0.1) is 0 Å². The van der Waals surface area contributed by atoms with Crippen LogP contribution in [0.25, 0.3) is 0 Å². The molecule has 100 valence electrons. The molecular weight excluding hydrogens is 246 g/mol. The summed E-state index contributed by atoms with van der Waals surface area (Å²) in [5.41, 5.74) is 0.0916. The highest BCUT2D eigenvalue weighted by molar-refractivity contribution is 5.96. The first kappa shape index (κ1) is 14.6. The first-order valence-corrected chi connectivity index (χ1v) is 5.84. The lowest BCUT2D eigenvalue weighted by Crippen LogP contribution is -2.37. The molecule has 0 aliphatic rings. The minimum atomic E-state index is -1.18. The number of nitriles is 1. The second kappa shape index (κ2) is 6.50. The summed E-state index contributed by atoms with van der Waals surface area (Å²) < 4.78 is 0. The predicted molar refractivity (Wildman–Crippen MR) is 67.6 cm³/mol. The third kappa shape index (κ3) is 3.78. The van der Waals surface area contributed by atoms with Crippen molar-refractivity contribution >= 4 is 11.9 Å². The van der Waals surface area contributed by atoms with Crippen molar-refractivity contribution in [3.05, 3.63) is 29.6 Å². The summed E-state index contributed by atoms with van der Waals surface area (Å²) in [6.07, 6.45) is 1.53. The Labute approximate surface area is 111 Å². The van der Waals surface area contributed by atoms with Crippen molar-refractivity contribution in [3.8, 4) is 6.07 Å². The molecule has 0 fully saturated rings. The van der Waals surface area contributed by atoms with Gasteiger partial charge in [0.05, 0.1) is 12.5 Å². The minimum absolute atomic E-state index is 0.0673. The van der Waals surface area contributed by atoms with Crippen LogP contribution in [0.1, 0.15) is 41.1 Å². The lowest BCUT2D eigenvalue weighted by Gasteiger charge is -2.25. The van der Waals surface area contributed by atoms with E-state index in [9.17, 15) is 9.59 Å². The van der Waals surface area contributed by atoms with E-state index in [1.807, 2.05) is 19.9 Å². The zero-order valence-electron chi connectivity index (χ0n) is 10.8. The number of carbonyl (C=O) groups is 2. The molecule has 0 aromatic carbocycles. The van der Waals surface area contributed by atoms with E-state index in [1.54, 1.807) is 0 Å². The number of hydrogen-bond acceptors (Lipinski definition) is 4. The van der Waals surface area contributed by atoms with Crippen LogP contribution in [0.15, 0.2) is 18.3 Å². The molecule has 1 amide bonds. The highest BCUT2D eigenvalue weighted by Gasteiger charge is 2.19. The average molecular weight is 261 g/mol. The highest BCUT2D eigenvalue weighted by Crippen LogP contribution is 2.10. The molecule has 1 N–H and O–H groups in total. The van der Waals surface area contributed by atoms with Gasteiger partial charge < -0.3 is 10.0 Å². The highest BCUT2D eigenvalue weighted by atomic mass is 16.4. The van der Waals surface area contributed by atoms with Crippen LogP contribution < -0.4 is 0 Å². The van der Waals surface area contributed by atoms with E-state index in [0.29, 0.717) is 6.54 Å². The SMILES string of the molecule is CC(C)N(CCC#N)C(=O)c1ccnc(C(=O)O)c1. The Hall–Kier alpha value is -2.42. The Bertz CT molecular complexity index is 520. The van der Waals surface area contributed by atoms with Crippen molar-refractivity contribution in [3.63, 3.8) is 0 Å². The predicted octanol–water partition coefficient (Wildman–Crippen LogP) is 1.54. The van der Waals surface area contributed by atoms with Crippen LogP contribution in [0, 0.1) is 11.3 Å². The molecule has 6 heteroatoms. The van der Waals surface area contributed by atoms with Crippen LogP contribution in [0.3, 0.4) is 0 Å².